The van der Waals surface area contributed by atoms with Crippen LogP contribution in [0.3, 0.4) is 0 Å². The van der Waals surface area contributed by atoms with Gasteiger partial charge in [-0.1, -0.05) is 66.7 Å². The van der Waals surface area contributed by atoms with E-state index in [4.69, 9.17) is 0 Å². The molecule has 0 saturated heterocycles. The van der Waals surface area contributed by atoms with Crippen LogP contribution >= 0.6 is 0 Å². The summed E-state index contributed by atoms with van der Waals surface area (Å²) in [5.74, 6) is 0. The lowest BCUT2D eigenvalue weighted by Crippen LogP contribution is -2.12. The van der Waals surface area contributed by atoms with E-state index in [1.807, 2.05) is 0 Å². The quantitative estimate of drug-likeness (QED) is 0.161. The lowest BCUT2D eigenvalue weighted by molar-refractivity contribution is -0.144. The number of para-hydroxylation sites is 2. The van der Waals surface area contributed by atoms with Crippen molar-refractivity contribution in [3.63, 3.8) is 0 Å². The van der Waals surface area contributed by atoms with Crippen molar-refractivity contribution in [3.05, 3.63) is 191 Å². The number of fused-ring (bicyclic) bond motifs is 6. The fourth-order valence-electron chi connectivity index (χ4n) is 9.63. The van der Waals surface area contributed by atoms with E-state index in [9.17, 15) is 63.2 Å². The van der Waals surface area contributed by atoms with Gasteiger partial charge in [-0.3, -0.25) is 0 Å². The molecule has 0 aliphatic heterocycles. The average molecular weight is 1030 g/mol. The van der Waals surface area contributed by atoms with Crippen LogP contribution in [0.1, 0.15) is 38.9 Å². The van der Waals surface area contributed by atoms with Gasteiger partial charge in [0.2, 0.25) is 0 Å². The molecule has 0 saturated carbocycles. The molecule has 0 aliphatic rings. The molecule has 0 atom stereocenters. The Balaban J connectivity index is 1.30. The molecule has 2 aromatic heterocycles. The molecule has 2 heterocycles. The number of hydrogen-bond donors (Lipinski definition) is 0. The lowest BCUT2D eigenvalue weighted by Gasteiger charge is -2.21. The molecule has 0 fully saturated rings. The van der Waals surface area contributed by atoms with Crippen molar-refractivity contribution in [2.45, 2.75) is 30.9 Å². The first kappa shape index (κ1) is 48.9. The van der Waals surface area contributed by atoms with Gasteiger partial charge in [0.15, 0.2) is 0 Å². The summed E-state index contributed by atoms with van der Waals surface area (Å²) >= 11 is 0. The summed E-state index contributed by atoms with van der Waals surface area (Å²) in [6, 6.07) is 31.8. The van der Waals surface area contributed by atoms with E-state index >= 15 is 13.2 Å². The van der Waals surface area contributed by atoms with Crippen molar-refractivity contribution < 1.29 is 65.9 Å². The maximum absolute atomic E-state index is 15.1. The van der Waals surface area contributed by atoms with Gasteiger partial charge in [-0.2, -0.15) is 76.4 Å². The van der Waals surface area contributed by atoms with Gasteiger partial charge in [0.25, 0.3) is 0 Å². The number of alkyl halides is 15. The van der Waals surface area contributed by atoms with Gasteiger partial charge >= 0.3 is 30.9 Å². The minimum atomic E-state index is -5.25. The zero-order chi connectivity index (χ0) is 53.0. The van der Waals surface area contributed by atoms with Gasteiger partial charge in [-0.05, 0) is 113 Å². The van der Waals surface area contributed by atoms with Gasteiger partial charge in [0, 0.05) is 27.1 Å². The third kappa shape index (κ3) is 8.18. The normalized spacial score (nSPS) is 12.8. The number of halogens is 15. The zero-order valence-corrected chi connectivity index (χ0v) is 36.9. The summed E-state index contributed by atoms with van der Waals surface area (Å²) in [6.45, 7) is 0. The molecular formula is C55H25F15N4. The smallest absolute Gasteiger partial charge is 0.308 e. The number of benzene rings is 8. The Morgan fingerprint density at radius 1 is 0.338 bits per heavy atom. The van der Waals surface area contributed by atoms with Crippen LogP contribution in [0.4, 0.5) is 65.9 Å². The Bertz CT molecular complexity index is 3820. The molecule has 10 rings (SSSR count). The molecule has 74 heavy (non-hydrogen) atoms. The highest BCUT2D eigenvalue weighted by Gasteiger charge is 2.41. The van der Waals surface area contributed by atoms with Gasteiger partial charge in [0.05, 0.1) is 72.9 Å². The predicted molar refractivity (Wildman–Crippen MR) is 246 cm³/mol. The summed E-state index contributed by atoms with van der Waals surface area (Å²) in [5.41, 5.74) is -10.1. The van der Waals surface area contributed by atoms with Crippen LogP contribution in [-0.2, 0) is 30.9 Å². The molecule has 19 heteroatoms. The van der Waals surface area contributed by atoms with Crippen LogP contribution in [0.2, 0.25) is 0 Å². The van der Waals surface area contributed by atoms with E-state index < -0.39 is 81.0 Å². The Hall–Kier alpha value is -8.71. The van der Waals surface area contributed by atoms with Gasteiger partial charge in [-0.25, -0.2) is 0 Å². The van der Waals surface area contributed by atoms with Gasteiger partial charge < -0.3 is 9.13 Å². The van der Waals surface area contributed by atoms with Gasteiger partial charge in [-0.15, -0.1) is 0 Å². The molecule has 8 aromatic carbocycles. The second-order valence-corrected chi connectivity index (χ2v) is 17.0. The third-order valence-corrected chi connectivity index (χ3v) is 12.7. The molecule has 0 bridgehead atoms. The second-order valence-electron chi connectivity index (χ2n) is 17.0. The summed E-state index contributed by atoms with van der Waals surface area (Å²) < 4.78 is 217. The molecule has 4 nitrogen and oxygen atoms in total. The van der Waals surface area contributed by atoms with E-state index in [0.29, 0.717) is 35.0 Å². The average Bonchev–Trinajstić information content (AvgIpc) is 3.86. The first-order valence-corrected chi connectivity index (χ1v) is 21.6. The van der Waals surface area contributed by atoms with E-state index in [-0.39, 0.29) is 78.6 Å². The van der Waals surface area contributed by atoms with E-state index in [2.05, 4.69) is 6.07 Å². The minimum Gasteiger partial charge on any atom is -0.308 e. The highest BCUT2D eigenvalue weighted by Crippen LogP contribution is 2.48. The molecule has 0 radical (unpaired) electrons. The van der Waals surface area contributed by atoms with Crippen LogP contribution < -0.4 is 0 Å². The molecule has 0 N–H and O–H groups in total. The van der Waals surface area contributed by atoms with Crippen LogP contribution in [0, 0.1) is 22.7 Å². The number of hydrogen-bond acceptors (Lipinski definition) is 2. The van der Waals surface area contributed by atoms with Crippen LogP contribution in [0.15, 0.2) is 152 Å². The zero-order valence-electron chi connectivity index (χ0n) is 36.9. The first-order chi connectivity index (χ1) is 34.8. The molecule has 10 aromatic rings. The number of rotatable bonds is 5. The highest BCUT2D eigenvalue weighted by atomic mass is 19.4. The molecule has 0 aliphatic carbocycles. The van der Waals surface area contributed by atoms with E-state index in [0.717, 1.165) is 18.2 Å². The fourth-order valence-corrected chi connectivity index (χ4v) is 9.63. The number of nitrogens with zero attached hydrogens (tertiary/aromatic N) is 4. The van der Waals surface area contributed by atoms with Crippen molar-refractivity contribution in [2.75, 3.05) is 0 Å². The van der Waals surface area contributed by atoms with Crippen molar-refractivity contribution in [2.24, 2.45) is 0 Å². The molecule has 0 amide bonds. The summed E-state index contributed by atoms with van der Waals surface area (Å²) in [4.78, 5) is 0. The SMILES string of the molecule is N#Cc1cccc(C(F)(F)F)c1-c1cc(-n2c3ccccc3c3cc(-c4ccc(C(F)(F)F)cc4C(F)(F)F)ccc32)c(C#N)c(-n2c3ccccc3c3cc(-c4ccc(C(F)(F)F)cc4C(F)(F)F)ccc32)c1. The van der Waals surface area contributed by atoms with Crippen LogP contribution in [-0.4, -0.2) is 9.13 Å². The van der Waals surface area contributed by atoms with Crippen LogP contribution in [0.25, 0.3) is 88.4 Å². The summed E-state index contributed by atoms with van der Waals surface area (Å²) in [5, 5.41) is 22.6. The van der Waals surface area contributed by atoms with Crippen LogP contribution in [0.5, 0.6) is 0 Å². The topological polar surface area (TPSA) is 57.4 Å². The predicted octanol–water partition coefficient (Wildman–Crippen LogP) is 17.7. The molecular weight excluding hydrogens is 1000 g/mol. The highest BCUT2D eigenvalue weighted by molar-refractivity contribution is 6.12. The first-order valence-electron chi connectivity index (χ1n) is 21.6. The van der Waals surface area contributed by atoms with Crippen molar-refractivity contribution in [1.29, 1.82) is 10.5 Å². The minimum absolute atomic E-state index is 0.00667. The lowest BCUT2D eigenvalue weighted by atomic mass is 9.92. The van der Waals surface area contributed by atoms with E-state index in [1.54, 1.807) is 54.6 Å². The van der Waals surface area contributed by atoms with Crippen molar-refractivity contribution >= 4 is 43.6 Å². The van der Waals surface area contributed by atoms with E-state index in [1.165, 1.54) is 57.7 Å². The standard InChI is InChI=1S/C55H25F15N4/c56-51(57,58)32-14-16-34(42(24-32)54(65,66)67)28-12-18-46-38(20-28)36-7-1-3-10-44(36)73(46)48-22-31(50-30(26-71)6-5-9-41(50)53(62,63)64)23-49(40(48)27-72)74-45-11-4-2-8-37(45)39-21-29(13-19-47(39)74)35-17-15-33(52(59,60)61)25-43(35)55(68,69)70/h1-25H. The Kier molecular flexibility index (Phi) is 11.2. The molecule has 0 unspecified atom stereocenters. The monoisotopic (exact) mass is 1030 g/mol. The second kappa shape index (κ2) is 16.9. The maximum atomic E-state index is 15.1. The Labute approximate surface area is 406 Å². The maximum Gasteiger partial charge on any atom is 0.417 e. The third-order valence-electron chi connectivity index (χ3n) is 12.7. The Morgan fingerprint density at radius 3 is 1.15 bits per heavy atom. The Morgan fingerprint density at radius 2 is 0.757 bits per heavy atom. The molecule has 0 spiro atoms. The fraction of sp³-hybridized carbons (Fsp3) is 0.0909. The largest absolute Gasteiger partial charge is 0.417 e. The number of aromatic nitrogens is 2. The summed E-state index contributed by atoms with van der Waals surface area (Å²) in [7, 11) is 0. The van der Waals surface area contributed by atoms with Crippen molar-refractivity contribution in [1.82, 2.24) is 9.13 Å². The number of nitriles is 2. The summed E-state index contributed by atoms with van der Waals surface area (Å²) in [6.07, 6.45) is -25.8. The molecule has 370 valence electrons. The van der Waals surface area contributed by atoms with Gasteiger partial charge in [0.1, 0.15) is 11.6 Å². The van der Waals surface area contributed by atoms with Crippen molar-refractivity contribution in [3.8, 4) is 56.9 Å².